The van der Waals surface area contributed by atoms with Crippen LogP contribution >= 0.6 is 0 Å². The highest BCUT2D eigenvalue weighted by atomic mass is 15.0. The minimum absolute atomic E-state index is 0.324. The maximum Gasteiger partial charge on any atom is 0.221 e. The summed E-state index contributed by atoms with van der Waals surface area (Å²) in [5.41, 5.74) is 12.5. The van der Waals surface area contributed by atoms with Crippen molar-refractivity contribution >= 4 is 5.95 Å². The molecule has 0 radical (unpaired) electrons. The van der Waals surface area contributed by atoms with Crippen LogP contribution in [0.3, 0.4) is 0 Å². The third-order valence-corrected chi connectivity index (χ3v) is 4.18. The third-order valence-electron chi connectivity index (χ3n) is 4.18. The Morgan fingerprint density at radius 2 is 1.42 bits per heavy atom. The van der Waals surface area contributed by atoms with E-state index in [1.54, 1.807) is 0 Å². The Kier molecular flexibility index (Phi) is 4.90. The molecule has 0 spiro atoms. The first-order valence-electron chi connectivity index (χ1n) is 8.48. The van der Waals surface area contributed by atoms with E-state index in [0.717, 1.165) is 41.8 Å². The van der Waals surface area contributed by atoms with Gasteiger partial charge in [-0.1, -0.05) is 73.5 Å². The standard InChI is InChI=1S/C21H23N3/c1-3-4-10-18-19(16-8-6-5-7-9-16)23-21(22)24-20(18)17-13-11-15(2)12-14-17/h5-9,11-14H,3-4,10H2,1-2H3,(H2,22,23,24). The van der Waals surface area contributed by atoms with Crippen LogP contribution < -0.4 is 5.73 Å². The van der Waals surface area contributed by atoms with Crippen molar-refractivity contribution in [2.75, 3.05) is 5.73 Å². The Labute approximate surface area is 143 Å². The van der Waals surface area contributed by atoms with Crippen molar-refractivity contribution in [3.05, 3.63) is 65.7 Å². The highest BCUT2D eigenvalue weighted by Crippen LogP contribution is 2.32. The van der Waals surface area contributed by atoms with Gasteiger partial charge in [-0.2, -0.15) is 0 Å². The molecule has 0 amide bonds. The molecule has 1 aromatic heterocycles. The summed E-state index contributed by atoms with van der Waals surface area (Å²) in [6.45, 7) is 4.29. The molecule has 0 aliphatic carbocycles. The molecule has 3 nitrogen and oxygen atoms in total. The Balaban J connectivity index is 2.20. The van der Waals surface area contributed by atoms with E-state index in [0.29, 0.717) is 5.95 Å². The number of hydrogen-bond acceptors (Lipinski definition) is 3. The molecule has 122 valence electrons. The predicted molar refractivity (Wildman–Crippen MR) is 101 cm³/mol. The van der Waals surface area contributed by atoms with Crippen LogP contribution in [-0.2, 0) is 6.42 Å². The second-order valence-corrected chi connectivity index (χ2v) is 6.09. The number of nitrogens with zero attached hydrogens (tertiary/aromatic N) is 2. The molecular weight excluding hydrogens is 294 g/mol. The molecule has 0 aliphatic rings. The van der Waals surface area contributed by atoms with E-state index in [1.165, 1.54) is 11.1 Å². The monoisotopic (exact) mass is 317 g/mol. The molecule has 2 aromatic carbocycles. The molecule has 0 fully saturated rings. The van der Waals surface area contributed by atoms with Crippen LogP contribution in [-0.4, -0.2) is 9.97 Å². The van der Waals surface area contributed by atoms with E-state index < -0.39 is 0 Å². The Bertz CT molecular complexity index is 808. The molecule has 1 heterocycles. The number of nitrogen functional groups attached to an aromatic ring is 1. The molecule has 3 rings (SSSR count). The van der Waals surface area contributed by atoms with Crippen LogP contribution in [0.2, 0.25) is 0 Å². The van der Waals surface area contributed by atoms with Crippen LogP contribution in [0.4, 0.5) is 5.95 Å². The van der Waals surface area contributed by atoms with Crippen molar-refractivity contribution in [1.29, 1.82) is 0 Å². The number of anilines is 1. The molecule has 3 aromatic rings. The van der Waals surface area contributed by atoms with Gasteiger partial charge in [0.15, 0.2) is 0 Å². The largest absolute Gasteiger partial charge is 0.368 e. The molecule has 0 unspecified atom stereocenters. The topological polar surface area (TPSA) is 51.8 Å². The van der Waals surface area contributed by atoms with Crippen LogP contribution in [0.25, 0.3) is 22.5 Å². The smallest absolute Gasteiger partial charge is 0.221 e. The Morgan fingerprint density at radius 1 is 0.833 bits per heavy atom. The van der Waals surface area contributed by atoms with E-state index in [1.807, 2.05) is 18.2 Å². The van der Waals surface area contributed by atoms with E-state index >= 15 is 0 Å². The number of rotatable bonds is 5. The third kappa shape index (κ3) is 3.46. The van der Waals surface area contributed by atoms with E-state index in [4.69, 9.17) is 5.73 Å². The van der Waals surface area contributed by atoms with Gasteiger partial charge in [0, 0.05) is 16.7 Å². The van der Waals surface area contributed by atoms with Crippen molar-refractivity contribution in [2.24, 2.45) is 0 Å². The zero-order valence-corrected chi connectivity index (χ0v) is 14.3. The average molecular weight is 317 g/mol. The fourth-order valence-electron chi connectivity index (χ4n) is 2.88. The lowest BCUT2D eigenvalue weighted by Gasteiger charge is -2.15. The lowest BCUT2D eigenvalue weighted by molar-refractivity contribution is 0.791. The highest BCUT2D eigenvalue weighted by molar-refractivity contribution is 5.75. The number of aromatic nitrogens is 2. The second-order valence-electron chi connectivity index (χ2n) is 6.09. The molecule has 0 bridgehead atoms. The molecule has 2 N–H and O–H groups in total. The summed E-state index contributed by atoms with van der Waals surface area (Å²) in [4.78, 5) is 9.15. The summed E-state index contributed by atoms with van der Waals surface area (Å²) in [5.74, 6) is 0.324. The summed E-state index contributed by atoms with van der Waals surface area (Å²) >= 11 is 0. The van der Waals surface area contributed by atoms with E-state index in [-0.39, 0.29) is 0 Å². The summed E-state index contributed by atoms with van der Waals surface area (Å²) in [5, 5.41) is 0. The van der Waals surface area contributed by atoms with Gasteiger partial charge in [-0.05, 0) is 19.8 Å². The first-order valence-corrected chi connectivity index (χ1v) is 8.48. The molecule has 0 aliphatic heterocycles. The molecule has 0 saturated carbocycles. The summed E-state index contributed by atoms with van der Waals surface area (Å²) < 4.78 is 0. The molecule has 24 heavy (non-hydrogen) atoms. The van der Waals surface area contributed by atoms with Gasteiger partial charge >= 0.3 is 0 Å². The Hall–Kier alpha value is -2.68. The zero-order valence-electron chi connectivity index (χ0n) is 14.3. The summed E-state index contributed by atoms with van der Waals surface area (Å²) in [6, 6.07) is 18.7. The van der Waals surface area contributed by atoms with Crippen LogP contribution in [0, 0.1) is 6.92 Å². The number of aryl methyl sites for hydroxylation is 1. The van der Waals surface area contributed by atoms with Gasteiger partial charge in [0.2, 0.25) is 5.95 Å². The fourth-order valence-corrected chi connectivity index (χ4v) is 2.88. The minimum Gasteiger partial charge on any atom is -0.368 e. The average Bonchev–Trinajstić information content (AvgIpc) is 2.61. The van der Waals surface area contributed by atoms with Gasteiger partial charge < -0.3 is 5.73 Å². The van der Waals surface area contributed by atoms with Gasteiger partial charge in [0.25, 0.3) is 0 Å². The lowest BCUT2D eigenvalue weighted by atomic mass is 9.96. The molecule has 0 saturated heterocycles. The summed E-state index contributed by atoms with van der Waals surface area (Å²) in [6.07, 6.45) is 3.18. The van der Waals surface area contributed by atoms with Crippen LogP contribution in [0.1, 0.15) is 30.9 Å². The number of unbranched alkanes of at least 4 members (excludes halogenated alkanes) is 1. The van der Waals surface area contributed by atoms with Crippen LogP contribution in [0.5, 0.6) is 0 Å². The number of hydrogen-bond donors (Lipinski definition) is 1. The van der Waals surface area contributed by atoms with E-state index in [2.05, 4.69) is 60.2 Å². The van der Waals surface area contributed by atoms with Crippen LogP contribution in [0.15, 0.2) is 54.6 Å². The SMILES string of the molecule is CCCCc1c(-c2ccccc2)nc(N)nc1-c1ccc(C)cc1. The van der Waals surface area contributed by atoms with Gasteiger partial charge in [-0.3, -0.25) is 0 Å². The fraction of sp³-hybridized carbons (Fsp3) is 0.238. The lowest BCUT2D eigenvalue weighted by Crippen LogP contribution is -2.05. The van der Waals surface area contributed by atoms with Gasteiger partial charge in [-0.25, -0.2) is 9.97 Å². The predicted octanol–water partition coefficient (Wildman–Crippen LogP) is 5.04. The molecular formula is C21H23N3. The summed E-state index contributed by atoms with van der Waals surface area (Å²) in [7, 11) is 0. The first-order chi connectivity index (χ1) is 11.7. The van der Waals surface area contributed by atoms with Gasteiger partial charge in [-0.15, -0.1) is 0 Å². The minimum atomic E-state index is 0.324. The second kappa shape index (κ2) is 7.26. The van der Waals surface area contributed by atoms with Gasteiger partial charge in [0.05, 0.1) is 11.4 Å². The van der Waals surface area contributed by atoms with Crippen molar-refractivity contribution in [1.82, 2.24) is 9.97 Å². The highest BCUT2D eigenvalue weighted by Gasteiger charge is 2.16. The maximum absolute atomic E-state index is 6.04. The van der Waals surface area contributed by atoms with Crippen molar-refractivity contribution < 1.29 is 0 Å². The molecule has 0 atom stereocenters. The number of nitrogens with two attached hydrogens (primary N) is 1. The van der Waals surface area contributed by atoms with Gasteiger partial charge in [0.1, 0.15) is 0 Å². The van der Waals surface area contributed by atoms with Crippen molar-refractivity contribution in [3.8, 4) is 22.5 Å². The quantitative estimate of drug-likeness (QED) is 0.717. The number of benzene rings is 2. The zero-order chi connectivity index (χ0) is 16.9. The normalized spacial score (nSPS) is 10.8. The maximum atomic E-state index is 6.04. The Morgan fingerprint density at radius 3 is 2.00 bits per heavy atom. The first kappa shape index (κ1) is 16.2. The van der Waals surface area contributed by atoms with E-state index in [9.17, 15) is 0 Å². The molecule has 3 heteroatoms. The van der Waals surface area contributed by atoms with Crippen molar-refractivity contribution in [2.45, 2.75) is 33.1 Å². The van der Waals surface area contributed by atoms with Crippen molar-refractivity contribution in [3.63, 3.8) is 0 Å².